The number of hydrogen-bond donors (Lipinski definition) is 1. The number of carbonyl (C=O) groups is 1. The highest BCUT2D eigenvalue weighted by Gasteiger charge is 2.21. The van der Waals surface area contributed by atoms with Gasteiger partial charge in [-0.1, -0.05) is 43.5 Å². The maximum absolute atomic E-state index is 12.1. The van der Waals surface area contributed by atoms with Crippen LogP contribution in [0.25, 0.3) is 11.3 Å². The molecule has 2 aromatic rings. The molecule has 0 unspecified atom stereocenters. The average molecular weight is 343 g/mol. The lowest BCUT2D eigenvalue weighted by Gasteiger charge is -2.21. The summed E-state index contributed by atoms with van der Waals surface area (Å²) in [5.41, 5.74) is 2.57. The zero-order valence-corrected chi connectivity index (χ0v) is 14.7. The van der Waals surface area contributed by atoms with Crippen molar-refractivity contribution < 1.29 is 14.3 Å². The van der Waals surface area contributed by atoms with Crippen LogP contribution >= 0.6 is 0 Å². The number of rotatable bonds is 7. The summed E-state index contributed by atoms with van der Waals surface area (Å²) in [6.45, 7) is 3.36. The monoisotopic (exact) mass is 343 g/mol. The van der Waals surface area contributed by atoms with Crippen molar-refractivity contribution in [3.05, 3.63) is 35.5 Å². The van der Waals surface area contributed by atoms with Gasteiger partial charge in [0, 0.05) is 12.2 Å². The summed E-state index contributed by atoms with van der Waals surface area (Å²) in [6.07, 6.45) is 6.50. The Bertz CT molecular complexity index is 693. The molecule has 6 nitrogen and oxygen atoms in total. The molecule has 0 bridgehead atoms. The Kier molecular flexibility index (Phi) is 6.17. The quantitative estimate of drug-likeness (QED) is 0.775. The van der Waals surface area contributed by atoms with Crippen molar-refractivity contribution in [2.75, 3.05) is 13.2 Å². The maximum atomic E-state index is 12.1. The molecule has 6 heteroatoms. The third kappa shape index (κ3) is 4.45. The number of benzene rings is 1. The van der Waals surface area contributed by atoms with Gasteiger partial charge in [-0.25, -0.2) is 4.79 Å². The number of hydrogen-bond acceptors (Lipinski definition) is 5. The number of aromatic amines is 1. The van der Waals surface area contributed by atoms with E-state index in [4.69, 9.17) is 9.47 Å². The Morgan fingerprint density at radius 1 is 1.20 bits per heavy atom. The predicted octanol–water partition coefficient (Wildman–Crippen LogP) is 3.75. The summed E-state index contributed by atoms with van der Waals surface area (Å²) >= 11 is 0. The average Bonchev–Trinajstić information content (AvgIpc) is 3.13. The highest BCUT2D eigenvalue weighted by atomic mass is 16.5. The molecule has 0 amide bonds. The lowest BCUT2D eigenvalue weighted by molar-refractivity contribution is 0.0520. The topological polar surface area (TPSA) is 77.1 Å². The van der Waals surface area contributed by atoms with Crippen LogP contribution in [-0.2, 0) is 16.1 Å². The summed E-state index contributed by atoms with van der Waals surface area (Å²) in [7, 11) is 0. The van der Waals surface area contributed by atoms with Gasteiger partial charge in [0.05, 0.1) is 13.2 Å². The molecule has 1 aromatic carbocycles. The first kappa shape index (κ1) is 17.6. The van der Waals surface area contributed by atoms with E-state index in [2.05, 4.69) is 15.4 Å². The Hall–Kier alpha value is -2.21. The third-order valence-electron chi connectivity index (χ3n) is 4.63. The minimum Gasteiger partial charge on any atom is -0.461 e. The molecule has 0 radical (unpaired) electrons. The smallest absolute Gasteiger partial charge is 0.361 e. The molecule has 1 fully saturated rings. The van der Waals surface area contributed by atoms with Gasteiger partial charge in [-0.15, -0.1) is 5.10 Å². The molecule has 3 rings (SSSR count). The normalized spacial score (nSPS) is 15.2. The zero-order valence-electron chi connectivity index (χ0n) is 14.7. The van der Waals surface area contributed by atoms with Gasteiger partial charge >= 0.3 is 5.97 Å². The highest BCUT2D eigenvalue weighted by Crippen LogP contribution is 2.27. The number of nitrogens with one attached hydrogen (secondary N) is 1. The van der Waals surface area contributed by atoms with E-state index in [1.165, 1.54) is 32.1 Å². The first-order valence-electron chi connectivity index (χ1n) is 9.03. The molecular formula is C19H25N3O3. The van der Waals surface area contributed by atoms with E-state index < -0.39 is 5.97 Å². The van der Waals surface area contributed by atoms with Crippen LogP contribution in [-0.4, -0.2) is 34.6 Å². The molecule has 1 aliphatic carbocycles. The molecule has 0 saturated heterocycles. The van der Waals surface area contributed by atoms with Gasteiger partial charge in [-0.05, 0) is 31.2 Å². The number of carbonyl (C=O) groups excluding carboxylic acids is 1. The van der Waals surface area contributed by atoms with Crippen LogP contribution < -0.4 is 0 Å². The van der Waals surface area contributed by atoms with E-state index in [0.29, 0.717) is 24.8 Å². The van der Waals surface area contributed by atoms with E-state index in [1.807, 2.05) is 24.3 Å². The van der Waals surface area contributed by atoms with Gasteiger partial charge in [0.25, 0.3) is 0 Å². The van der Waals surface area contributed by atoms with Crippen LogP contribution in [0.3, 0.4) is 0 Å². The molecule has 134 valence electrons. The van der Waals surface area contributed by atoms with E-state index in [9.17, 15) is 4.79 Å². The van der Waals surface area contributed by atoms with Crippen molar-refractivity contribution in [3.63, 3.8) is 0 Å². The third-order valence-corrected chi connectivity index (χ3v) is 4.63. The maximum Gasteiger partial charge on any atom is 0.361 e. The number of aromatic nitrogens is 3. The molecule has 0 spiro atoms. The summed E-state index contributed by atoms with van der Waals surface area (Å²) in [6, 6.07) is 7.82. The molecule has 1 aromatic heterocycles. The summed E-state index contributed by atoms with van der Waals surface area (Å²) in [4.78, 5) is 12.1. The van der Waals surface area contributed by atoms with Crippen molar-refractivity contribution in [1.82, 2.24) is 15.4 Å². The molecule has 1 saturated carbocycles. The first-order valence-corrected chi connectivity index (χ1v) is 9.03. The largest absolute Gasteiger partial charge is 0.461 e. The number of ether oxygens (including phenoxy) is 2. The van der Waals surface area contributed by atoms with Crippen molar-refractivity contribution in [1.29, 1.82) is 0 Å². The van der Waals surface area contributed by atoms with Crippen molar-refractivity contribution in [2.24, 2.45) is 5.92 Å². The second-order valence-electron chi connectivity index (χ2n) is 6.42. The minimum atomic E-state index is -0.468. The number of esters is 1. The predicted molar refractivity (Wildman–Crippen MR) is 94.0 cm³/mol. The Balaban J connectivity index is 1.71. The fourth-order valence-corrected chi connectivity index (χ4v) is 3.33. The molecule has 0 aliphatic heterocycles. The fourth-order valence-electron chi connectivity index (χ4n) is 3.33. The molecule has 1 heterocycles. The molecule has 0 atom stereocenters. The van der Waals surface area contributed by atoms with Crippen LogP contribution in [0, 0.1) is 5.92 Å². The Labute approximate surface area is 147 Å². The molecule has 1 aliphatic rings. The minimum absolute atomic E-state index is 0.210. The van der Waals surface area contributed by atoms with Gasteiger partial charge in [-0.3, -0.25) is 0 Å². The van der Waals surface area contributed by atoms with E-state index >= 15 is 0 Å². The molecular weight excluding hydrogens is 318 g/mol. The van der Waals surface area contributed by atoms with Gasteiger partial charge in [0.15, 0.2) is 5.69 Å². The number of nitrogens with zero attached hydrogens (tertiary/aromatic N) is 2. The SMILES string of the molecule is CCOC(=O)c1n[nH]nc1-c1ccccc1COCC1CCCCC1. The van der Waals surface area contributed by atoms with Crippen LogP contribution in [0.5, 0.6) is 0 Å². The standard InChI is InChI=1S/C19H25N3O3/c1-2-25-19(23)18-17(20-22-21-18)16-11-7-6-10-15(16)13-24-12-14-8-4-3-5-9-14/h6-7,10-11,14H,2-5,8-9,12-13H2,1H3,(H,20,21,22). The van der Waals surface area contributed by atoms with Gasteiger partial charge in [-0.2, -0.15) is 10.3 Å². The van der Waals surface area contributed by atoms with Crippen molar-refractivity contribution in [3.8, 4) is 11.3 Å². The van der Waals surface area contributed by atoms with Gasteiger partial charge in [0.2, 0.25) is 0 Å². The molecule has 25 heavy (non-hydrogen) atoms. The van der Waals surface area contributed by atoms with E-state index in [0.717, 1.165) is 17.7 Å². The summed E-state index contributed by atoms with van der Waals surface area (Å²) in [5, 5.41) is 10.6. The summed E-state index contributed by atoms with van der Waals surface area (Å²) in [5.74, 6) is 0.201. The zero-order chi connectivity index (χ0) is 17.5. The van der Waals surface area contributed by atoms with Crippen LogP contribution in [0.2, 0.25) is 0 Å². The Morgan fingerprint density at radius 2 is 2.00 bits per heavy atom. The Morgan fingerprint density at radius 3 is 2.80 bits per heavy atom. The van der Waals surface area contributed by atoms with E-state index in [-0.39, 0.29) is 5.69 Å². The van der Waals surface area contributed by atoms with Crippen molar-refractivity contribution in [2.45, 2.75) is 45.6 Å². The lowest BCUT2D eigenvalue weighted by atomic mass is 9.90. The van der Waals surface area contributed by atoms with Crippen LogP contribution in [0.4, 0.5) is 0 Å². The van der Waals surface area contributed by atoms with Crippen molar-refractivity contribution >= 4 is 5.97 Å². The first-order chi connectivity index (χ1) is 12.3. The summed E-state index contributed by atoms with van der Waals surface area (Å²) < 4.78 is 11.0. The van der Waals surface area contributed by atoms with Crippen LogP contribution in [0.1, 0.15) is 55.1 Å². The van der Waals surface area contributed by atoms with Gasteiger partial charge < -0.3 is 9.47 Å². The number of H-pyrrole nitrogens is 1. The lowest BCUT2D eigenvalue weighted by Crippen LogP contribution is -2.13. The van der Waals surface area contributed by atoms with Gasteiger partial charge in [0.1, 0.15) is 5.69 Å². The van der Waals surface area contributed by atoms with E-state index in [1.54, 1.807) is 6.92 Å². The fraction of sp³-hybridized carbons (Fsp3) is 0.526. The second kappa shape index (κ2) is 8.76. The highest BCUT2D eigenvalue weighted by molar-refractivity contribution is 5.94. The molecule has 1 N–H and O–H groups in total. The second-order valence-corrected chi connectivity index (χ2v) is 6.42. The van der Waals surface area contributed by atoms with Crippen LogP contribution in [0.15, 0.2) is 24.3 Å².